The summed E-state index contributed by atoms with van der Waals surface area (Å²) in [5.41, 5.74) is 3.34. The maximum absolute atomic E-state index is 10.6. The van der Waals surface area contributed by atoms with Gasteiger partial charge in [0.2, 0.25) is 0 Å². The van der Waals surface area contributed by atoms with Crippen molar-refractivity contribution in [2.45, 2.75) is 6.42 Å². The fraction of sp³-hybridized carbons (Fsp3) is 0.250. The average molecular weight is 243 g/mol. The molecule has 4 N–H and O–H groups in total. The van der Waals surface area contributed by atoms with E-state index in [-0.39, 0.29) is 17.7 Å². The third-order valence-electron chi connectivity index (χ3n) is 2.16. The summed E-state index contributed by atoms with van der Waals surface area (Å²) in [5.74, 6) is -0.757. The maximum Gasteiger partial charge on any atom is 0.318 e. The predicted molar refractivity (Wildman–Crippen MR) is 56.6 cm³/mol. The Bertz CT molecular complexity index is 448. The lowest BCUT2D eigenvalue weighted by Gasteiger charge is -2.07. The molecule has 1 rings (SSSR count). The van der Waals surface area contributed by atoms with Crippen LogP contribution in [0, 0.1) is 20.2 Å². The summed E-state index contributed by atoms with van der Waals surface area (Å²) < 4.78 is 0. The van der Waals surface area contributed by atoms with Crippen LogP contribution in [-0.4, -0.2) is 26.7 Å². The molecule has 9 heteroatoms. The van der Waals surface area contributed by atoms with Crippen molar-refractivity contribution in [1.82, 2.24) is 0 Å². The Morgan fingerprint density at radius 2 is 1.76 bits per heavy atom. The molecule has 0 atom stereocenters. The van der Waals surface area contributed by atoms with Crippen LogP contribution in [-0.2, 0) is 6.42 Å². The molecule has 17 heavy (non-hydrogen) atoms. The lowest BCUT2D eigenvalue weighted by Crippen LogP contribution is -2.05. The first kappa shape index (κ1) is 12.6. The van der Waals surface area contributed by atoms with Crippen LogP contribution in [0.4, 0.5) is 17.1 Å². The number of nitrogens with zero attached hydrogens (tertiary/aromatic N) is 2. The van der Waals surface area contributed by atoms with Gasteiger partial charge in [-0.25, -0.2) is 0 Å². The summed E-state index contributed by atoms with van der Waals surface area (Å²) in [4.78, 5) is 19.4. The minimum atomic E-state index is -0.956. The molecule has 0 amide bonds. The molecule has 0 saturated carbocycles. The van der Waals surface area contributed by atoms with Gasteiger partial charge in [0.15, 0.2) is 5.75 Å². The third kappa shape index (κ3) is 2.23. The van der Waals surface area contributed by atoms with E-state index in [2.05, 4.69) is 0 Å². The summed E-state index contributed by atoms with van der Waals surface area (Å²) in [6.45, 7) is -0.448. The van der Waals surface area contributed by atoms with Crippen LogP contribution in [0.2, 0.25) is 0 Å². The molecule has 0 aliphatic rings. The smallest absolute Gasteiger partial charge is 0.318 e. The van der Waals surface area contributed by atoms with Crippen molar-refractivity contribution in [2.24, 2.45) is 0 Å². The van der Waals surface area contributed by atoms with E-state index in [4.69, 9.17) is 10.8 Å². The largest absolute Gasteiger partial charge is 0.502 e. The van der Waals surface area contributed by atoms with Gasteiger partial charge < -0.3 is 15.9 Å². The van der Waals surface area contributed by atoms with E-state index in [0.717, 1.165) is 0 Å². The van der Waals surface area contributed by atoms with Gasteiger partial charge in [0.25, 0.3) is 5.69 Å². The van der Waals surface area contributed by atoms with E-state index in [0.29, 0.717) is 6.07 Å². The molecule has 0 radical (unpaired) electrons. The normalized spacial score (nSPS) is 10.2. The molecule has 1 aromatic rings. The lowest BCUT2D eigenvalue weighted by molar-refractivity contribution is -0.394. The maximum atomic E-state index is 10.6. The Kier molecular flexibility index (Phi) is 3.43. The average Bonchev–Trinajstić information content (AvgIpc) is 2.23. The minimum absolute atomic E-state index is 0.201. The highest BCUT2D eigenvalue weighted by atomic mass is 16.6. The highest BCUT2D eigenvalue weighted by Crippen LogP contribution is 2.40. The van der Waals surface area contributed by atoms with Crippen LogP contribution in [0.3, 0.4) is 0 Å². The zero-order valence-electron chi connectivity index (χ0n) is 8.49. The monoisotopic (exact) mass is 243 g/mol. The van der Waals surface area contributed by atoms with Crippen molar-refractivity contribution in [3.05, 3.63) is 31.9 Å². The van der Waals surface area contributed by atoms with E-state index in [1.54, 1.807) is 0 Å². The van der Waals surface area contributed by atoms with E-state index in [9.17, 15) is 25.3 Å². The number of phenols is 1. The fourth-order valence-corrected chi connectivity index (χ4v) is 1.37. The van der Waals surface area contributed by atoms with Crippen LogP contribution < -0.4 is 5.73 Å². The van der Waals surface area contributed by atoms with Gasteiger partial charge in [-0.15, -0.1) is 0 Å². The zero-order valence-corrected chi connectivity index (χ0v) is 8.49. The van der Waals surface area contributed by atoms with Gasteiger partial charge in [-0.3, -0.25) is 20.2 Å². The van der Waals surface area contributed by atoms with Crippen molar-refractivity contribution in [3.63, 3.8) is 0 Å². The molecule has 0 spiro atoms. The predicted octanol–water partition coefficient (Wildman–Crippen LogP) is 0.326. The minimum Gasteiger partial charge on any atom is -0.502 e. The molecule has 0 bridgehead atoms. The van der Waals surface area contributed by atoms with Gasteiger partial charge in [0.1, 0.15) is 5.69 Å². The second-order valence-electron chi connectivity index (χ2n) is 3.14. The summed E-state index contributed by atoms with van der Waals surface area (Å²) in [7, 11) is 0. The first-order chi connectivity index (χ1) is 7.90. The van der Waals surface area contributed by atoms with Crippen LogP contribution in [0.5, 0.6) is 5.75 Å². The van der Waals surface area contributed by atoms with E-state index in [1.807, 2.05) is 0 Å². The molecular weight excluding hydrogens is 234 g/mol. The molecule has 0 aromatic heterocycles. The second-order valence-corrected chi connectivity index (χ2v) is 3.14. The lowest BCUT2D eigenvalue weighted by atomic mass is 10.1. The Morgan fingerprint density at radius 1 is 1.24 bits per heavy atom. The van der Waals surface area contributed by atoms with Crippen molar-refractivity contribution >= 4 is 17.1 Å². The summed E-state index contributed by atoms with van der Waals surface area (Å²) in [6, 6.07) is 0.589. The second kappa shape index (κ2) is 4.61. The molecule has 9 nitrogen and oxygen atoms in total. The molecule has 0 aliphatic heterocycles. The number of aromatic hydroxyl groups is 1. The van der Waals surface area contributed by atoms with Gasteiger partial charge in [-0.2, -0.15) is 0 Å². The quantitative estimate of drug-likeness (QED) is 0.391. The number of aliphatic hydroxyl groups is 1. The zero-order chi connectivity index (χ0) is 13.2. The highest BCUT2D eigenvalue weighted by molar-refractivity contribution is 5.73. The highest BCUT2D eigenvalue weighted by Gasteiger charge is 2.27. The van der Waals surface area contributed by atoms with E-state index in [1.165, 1.54) is 0 Å². The van der Waals surface area contributed by atoms with Gasteiger partial charge in [0.05, 0.1) is 15.9 Å². The van der Waals surface area contributed by atoms with Crippen LogP contribution in [0.25, 0.3) is 0 Å². The molecule has 0 saturated heterocycles. The SMILES string of the molecule is Nc1c([N+](=O)[O-])cc([N+](=O)[O-])c(O)c1CCO. The summed E-state index contributed by atoms with van der Waals surface area (Å²) in [5, 5.41) is 39.5. The number of phenolic OH excluding ortho intramolecular Hbond substituents is 1. The first-order valence-electron chi connectivity index (χ1n) is 4.44. The number of rotatable bonds is 4. The number of benzene rings is 1. The van der Waals surface area contributed by atoms with E-state index < -0.39 is 33.6 Å². The van der Waals surface area contributed by atoms with E-state index >= 15 is 0 Å². The van der Waals surface area contributed by atoms with Crippen LogP contribution in [0.15, 0.2) is 6.07 Å². The van der Waals surface area contributed by atoms with Gasteiger partial charge in [-0.1, -0.05) is 0 Å². The third-order valence-corrected chi connectivity index (χ3v) is 2.16. The van der Waals surface area contributed by atoms with Crippen molar-refractivity contribution < 1.29 is 20.1 Å². The molecule has 0 aliphatic carbocycles. The number of nitro groups is 2. The molecular formula is C8H9N3O6. The molecule has 1 aromatic carbocycles. The Hall–Kier alpha value is -2.42. The number of aliphatic hydroxyl groups excluding tert-OH is 1. The number of hydrogen-bond donors (Lipinski definition) is 3. The Morgan fingerprint density at radius 3 is 2.18 bits per heavy atom. The Labute approximate surface area is 94.4 Å². The fourth-order valence-electron chi connectivity index (χ4n) is 1.37. The summed E-state index contributed by atoms with van der Waals surface area (Å²) >= 11 is 0. The molecule has 92 valence electrons. The first-order valence-corrected chi connectivity index (χ1v) is 4.44. The van der Waals surface area contributed by atoms with Crippen molar-refractivity contribution in [1.29, 1.82) is 0 Å². The van der Waals surface area contributed by atoms with Crippen molar-refractivity contribution in [2.75, 3.05) is 12.3 Å². The standard InChI is InChI=1S/C8H9N3O6/c9-7-4(1-2-12)8(13)6(11(16)17)3-5(7)10(14)15/h3,12-13H,1-2,9H2. The molecule has 0 unspecified atom stereocenters. The number of nitrogens with two attached hydrogens (primary N) is 1. The van der Waals surface area contributed by atoms with Crippen LogP contribution >= 0.6 is 0 Å². The topological polar surface area (TPSA) is 153 Å². The number of nitrogen functional groups attached to an aromatic ring is 1. The Balaban J connectivity index is 3.57. The molecule has 0 heterocycles. The number of hydrogen-bond acceptors (Lipinski definition) is 7. The number of anilines is 1. The van der Waals surface area contributed by atoms with Gasteiger partial charge in [-0.05, 0) is 0 Å². The summed E-state index contributed by atoms with van der Waals surface area (Å²) in [6.07, 6.45) is -0.208. The van der Waals surface area contributed by atoms with Gasteiger partial charge in [0, 0.05) is 18.6 Å². The van der Waals surface area contributed by atoms with Crippen molar-refractivity contribution in [3.8, 4) is 5.75 Å². The number of nitro benzene ring substituents is 2. The molecule has 0 fully saturated rings. The van der Waals surface area contributed by atoms with Crippen LogP contribution in [0.1, 0.15) is 5.56 Å². The van der Waals surface area contributed by atoms with Gasteiger partial charge >= 0.3 is 5.69 Å².